The van der Waals surface area contributed by atoms with Crippen molar-refractivity contribution < 1.29 is 28.7 Å². The molecule has 1 saturated heterocycles. The average molecular weight is 606 g/mol. The second-order valence-electron chi connectivity index (χ2n) is 12.6. The van der Waals surface area contributed by atoms with Gasteiger partial charge in [0.25, 0.3) is 0 Å². The lowest BCUT2D eigenvalue weighted by Crippen LogP contribution is -2.55. The lowest BCUT2D eigenvalue weighted by Gasteiger charge is -2.33. The Bertz CT molecular complexity index is 1540. The van der Waals surface area contributed by atoms with Gasteiger partial charge in [-0.05, 0) is 76.3 Å². The van der Waals surface area contributed by atoms with E-state index >= 15 is 0 Å². The quantitative estimate of drug-likeness (QED) is 0.364. The molecule has 0 bridgehead atoms. The number of esters is 1. The first-order valence-electron chi connectivity index (χ1n) is 14.9. The van der Waals surface area contributed by atoms with Crippen LogP contribution in [0, 0.1) is 5.92 Å². The van der Waals surface area contributed by atoms with Gasteiger partial charge in [-0.25, -0.2) is 9.59 Å². The molecule has 3 heterocycles. The molecule has 1 aliphatic rings. The molecule has 0 aliphatic carbocycles. The maximum Gasteiger partial charge on any atom is 0.410 e. The van der Waals surface area contributed by atoms with Crippen LogP contribution >= 0.6 is 0 Å². The number of aromatic nitrogens is 2. The van der Waals surface area contributed by atoms with Crippen LogP contribution in [0.1, 0.15) is 76.3 Å². The van der Waals surface area contributed by atoms with Crippen LogP contribution < -0.4 is 5.32 Å². The van der Waals surface area contributed by atoms with Gasteiger partial charge in [0.2, 0.25) is 11.8 Å². The molecule has 3 aromatic rings. The first kappa shape index (κ1) is 32.5. The molecule has 0 spiro atoms. The number of carbonyl (C=O) groups excluding carboxylic acids is 4. The van der Waals surface area contributed by atoms with Crippen molar-refractivity contribution >= 4 is 34.8 Å². The molecule has 0 radical (unpaired) electrons. The standard InChI is InChI=1S/C33H43N5O6/c1-20(2)28(35-29(39)21(3)36(7)32(42)44-33(4,5)6)30(40)38-15-10-13-26(38)22-17-23(19-34-18-22)37-16-14-24-25(31(41)43-8)11-9-12-27(24)37/h9,11-12,14,16-21,26,28H,10,13,15H2,1-8H3,(H,35,39)/t21-,26-,28-/m0/s1. The predicted molar refractivity (Wildman–Crippen MR) is 166 cm³/mol. The monoisotopic (exact) mass is 605 g/mol. The first-order valence-corrected chi connectivity index (χ1v) is 14.9. The molecular formula is C33H43N5O6. The van der Waals surface area contributed by atoms with Gasteiger partial charge in [-0.15, -0.1) is 0 Å². The minimum atomic E-state index is -0.842. The summed E-state index contributed by atoms with van der Waals surface area (Å²) in [5.41, 5.74) is 2.29. The van der Waals surface area contributed by atoms with Gasteiger partial charge in [-0.2, -0.15) is 0 Å². The average Bonchev–Trinajstić information content (AvgIpc) is 3.65. The zero-order valence-corrected chi connectivity index (χ0v) is 26.8. The minimum Gasteiger partial charge on any atom is -0.465 e. The van der Waals surface area contributed by atoms with Crippen molar-refractivity contribution in [2.45, 2.75) is 78.1 Å². The summed E-state index contributed by atoms with van der Waals surface area (Å²) in [5, 5.41) is 3.67. The summed E-state index contributed by atoms with van der Waals surface area (Å²) in [4.78, 5) is 59.6. The van der Waals surface area contributed by atoms with E-state index in [1.165, 1.54) is 19.1 Å². The van der Waals surface area contributed by atoms with Crippen molar-refractivity contribution in [2.24, 2.45) is 5.92 Å². The predicted octanol–water partition coefficient (Wildman–Crippen LogP) is 4.87. The van der Waals surface area contributed by atoms with Crippen LogP contribution in [0.3, 0.4) is 0 Å². The molecule has 1 aromatic carbocycles. The molecule has 0 saturated carbocycles. The Morgan fingerprint density at radius 1 is 1.09 bits per heavy atom. The third-order valence-corrected chi connectivity index (χ3v) is 7.95. The minimum absolute atomic E-state index is 0.178. The summed E-state index contributed by atoms with van der Waals surface area (Å²) in [6, 6.07) is 7.51. The van der Waals surface area contributed by atoms with Gasteiger partial charge in [0, 0.05) is 31.4 Å². The first-order chi connectivity index (χ1) is 20.7. The van der Waals surface area contributed by atoms with Crippen LogP contribution in [0.4, 0.5) is 4.79 Å². The summed E-state index contributed by atoms with van der Waals surface area (Å²) < 4.78 is 12.3. The molecule has 0 unspecified atom stereocenters. The molecule has 1 fully saturated rings. The van der Waals surface area contributed by atoms with E-state index in [9.17, 15) is 19.2 Å². The van der Waals surface area contributed by atoms with Crippen molar-refractivity contribution in [2.75, 3.05) is 20.7 Å². The van der Waals surface area contributed by atoms with Crippen LogP contribution in [0.25, 0.3) is 16.6 Å². The van der Waals surface area contributed by atoms with E-state index in [1.807, 2.05) is 53.8 Å². The molecule has 3 amide bonds. The molecular weight excluding hydrogens is 562 g/mol. The van der Waals surface area contributed by atoms with Gasteiger partial charge in [0.15, 0.2) is 0 Å². The van der Waals surface area contributed by atoms with Gasteiger partial charge >= 0.3 is 12.1 Å². The zero-order chi connectivity index (χ0) is 32.3. The largest absolute Gasteiger partial charge is 0.465 e. The number of nitrogens with one attached hydrogen (secondary N) is 1. The van der Waals surface area contributed by atoms with E-state index in [-0.39, 0.29) is 17.9 Å². The number of hydrogen-bond donors (Lipinski definition) is 1. The van der Waals surface area contributed by atoms with Crippen molar-refractivity contribution in [1.29, 1.82) is 0 Å². The Morgan fingerprint density at radius 3 is 2.48 bits per heavy atom. The van der Waals surface area contributed by atoms with Crippen LogP contribution in [-0.2, 0) is 19.1 Å². The van der Waals surface area contributed by atoms with Gasteiger partial charge in [0.1, 0.15) is 17.7 Å². The Hall–Kier alpha value is -4.41. The maximum atomic E-state index is 14.0. The summed E-state index contributed by atoms with van der Waals surface area (Å²) in [7, 11) is 2.86. The van der Waals surface area contributed by atoms with E-state index in [1.54, 1.807) is 46.2 Å². The Kier molecular flexibility index (Phi) is 9.66. The highest BCUT2D eigenvalue weighted by Gasteiger charge is 2.37. The summed E-state index contributed by atoms with van der Waals surface area (Å²) in [6.45, 7) is 11.2. The van der Waals surface area contributed by atoms with E-state index < -0.39 is 35.7 Å². The highest BCUT2D eigenvalue weighted by Crippen LogP contribution is 2.34. The highest BCUT2D eigenvalue weighted by molar-refractivity contribution is 6.04. The number of rotatable bonds is 8. The van der Waals surface area contributed by atoms with Gasteiger partial charge < -0.3 is 24.3 Å². The fraction of sp³-hybridized carbons (Fsp3) is 0.485. The second-order valence-corrected chi connectivity index (χ2v) is 12.6. The Morgan fingerprint density at radius 2 is 1.82 bits per heavy atom. The van der Waals surface area contributed by atoms with Crippen molar-refractivity contribution in [1.82, 2.24) is 24.7 Å². The van der Waals surface area contributed by atoms with Gasteiger partial charge in [-0.1, -0.05) is 19.9 Å². The molecule has 3 atom stereocenters. The molecule has 236 valence electrons. The number of methoxy groups -OCH3 is 1. The molecule has 2 aromatic heterocycles. The number of ether oxygens (including phenoxy) is 2. The van der Waals surface area contributed by atoms with E-state index in [2.05, 4.69) is 10.3 Å². The SMILES string of the molecule is COC(=O)c1cccc2c1ccn2-c1cncc([C@@H]2CCCN2C(=O)[C@@H](NC(=O)[C@H](C)N(C)C(=O)OC(C)(C)C)C(C)C)c1. The number of nitrogens with zero attached hydrogens (tertiary/aromatic N) is 4. The number of likely N-dealkylation sites (N-methyl/N-ethyl adjacent to an activating group) is 1. The fourth-order valence-corrected chi connectivity index (χ4v) is 5.45. The smallest absolute Gasteiger partial charge is 0.410 e. The molecule has 1 aliphatic heterocycles. The van der Waals surface area contributed by atoms with Gasteiger partial charge in [-0.3, -0.25) is 19.5 Å². The van der Waals surface area contributed by atoms with Crippen LogP contribution in [0.15, 0.2) is 48.9 Å². The van der Waals surface area contributed by atoms with Crippen LogP contribution in [-0.4, -0.2) is 81.6 Å². The molecule has 4 rings (SSSR count). The Labute approximate surface area is 258 Å². The summed E-state index contributed by atoms with van der Waals surface area (Å²) in [6.07, 6.45) is 6.35. The normalized spacial score (nSPS) is 16.5. The Balaban J connectivity index is 1.55. The van der Waals surface area contributed by atoms with Crippen LogP contribution in [0.2, 0.25) is 0 Å². The maximum absolute atomic E-state index is 14.0. The van der Waals surface area contributed by atoms with Crippen molar-refractivity contribution in [3.8, 4) is 5.69 Å². The number of fused-ring (bicyclic) bond motifs is 1. The summed E-state index contributed by atoms with van der Waals surface area (Å²) >= 11 is 0. The lowest BCUT2D eigenvalue weighted by atomic mass is 10.00. The van der Waals surface area contributed by atoms with E-state index in [0.717, 1.165) is 35.0 Å². The molecule has 1 N–H and O–H groups in total. The molecule has 11 heteroatoms. The number of carbonyl (C=O) groups is 4. The number of pyridine rings is 1. The van der Waals surface area contributed by atoms with Crippen molar-refractivity contribution in [3.05, 3.63) is 60.0 Å². The van der Waals surface area contributed by atoms with E-state index in [0.29, 0.717) is 12.1 Å². The van der Waals surface area contributed by atoms with Crippen molar-refractivity contribution in [3.63, 3.8) is 0 Å². The van der Waals surface area contributed by atoms with E-state index in [4.69, 9.17) is 9.47 Å². The number of hydrogen-bond acceptors (Lipinski definition) is 7. The number of amides is 3. The third-order valence-electron chi connectivity index (χ3n) is 7.95. The number of benzene rings is 1. The zero-order valence-electron chi connectivity index (χ0n) is 26.8. The second kappa shape index (κ2) is 13.1. The third kappa shape index (κ3) is 6.87. The molecule has 44 heavy (non-hydrogen) atoms. The lowest BCUT2D eigenvalue weighted by molar-refractivity contribution is -0.139. The fourth-order valence-electron chi connectivity index (χ4n) is 5.45. The summed E-state index contributed by atoms with van der Waals surface area (Å²) in [5.74, 6) is -1.21. The van der Waals surface area contributed by atoms with Gasteiger partial charge in [0.05, 0.1) is 36.1 Å². The molecule has 11 nitrogen and oxygen atoms in total. The van der Waals surface area contributed by atoms with Crippen LogP contribution in [0.5, 0.6) is 0 Å². The highest BCUT2D eigenvalue weighted by atomic mass is 16.6. The number of likely N-dealkylation sites (tertiary alicyclic amines) is 1. The topological polar surface area (TPSA) is 123 Å².